The predicted molar refractivity (Wildman–Crippen MR) is 291 cm³/mol. The van der Waals surface area contributed by atoms with Crippen LogP contribution in [-0.4, -0.2) is 63.6 Å². The van der Waals surface area contributed by atoms with E-state index in [9.17, 15) is 29.7 Å². The van der Waals surface area contributed by atoms with E-state index < -0.39 is 11.2 Å². The number of aliphatic hydroxyl groups is 3. The van der Waals surface area contributed by atoms with Crippen LogP contribution in [0.3, 0.4) is 0 Å². The summed E-state index contributed by atoms with van der Waals surface area (Å²) in [5, 5.41) is 33.9. The molecule has 0 aromatic heterocycles. The second-order valence-corrected chi connectivity index (χ2v) is 25.4. The molecule has 0 aromatic rings. The molecule has 0 aliphatic heterocycles. The molecule has 4 aliphatic rings. The van der Waals surface area contributed by atoms with Crippen molar-refractivity contribution in [1.29, 1.82) is 0 Å². The van der Waals surface area contributed by atoms with E-state index in [4.69, 9.17) is 9.47 Å². The van der Waals surface area contributed by atoms with Crippen LogP contribution in [0.4, 0.5) is 0 Å². The van der Waals surface area contributed by atoms with Crippen molar-refractivity contribution in [2.24, 2.45) is 45.3 Å². The van der Waals surface area contributed by atoms with Crippen LogP contribution < -0.4 is 0 Å². The second kappa shape index (κ2) is 25.9. The van der Waals surface area contributed by atoms with Gasteiger partial charge in [0.05, 0.1) is 30.5 Å². The zero-order chi connectivity index (χ0) is 53.0. The van der Waals surface area contributed by atoms with Crippen LogP contribution in [0, 0.1) is 45.3 Å². The van der Waals surface area contributed by atoms with Crippen molar-refractivity contribution in [3.63, 3.8) is 0 Å². The third kappa shape index (κ3) is 16.0. The molecule has 0 bridgehead atoms. The van der Waals surface area contributed by atoms with E-state index in [2.05, 4.69) is 93.5 Å². The fraction of sp³-hybridized carbons (Fsp3) is 0.762. The molecule has 0 spiro atoms. The van der Waals surface area contributed by atoms with Crippen LogP contribution in [0.2, 0.25) is 0 Å². The average Bonchev–Trinajstić information content (AvgIpc) is 3.27. The zero-order valence-corrected chi connectivity index (χ0v) is 47.5. The number of hydrogen-bond donors (Lipinski definition) is 3. The summed E-state index contributed by atoms with van der Waals surface area (Å²) in [6.07, 6.45) is 31.2. The van der Waals surface area contributed by atoms with E-state index in [1.165, 1.54) is 22.3 Å². The summed E-state index contributed by atoms with van der Waals surface area (Å²) in [6, 6.07) is 0. The maximum atomic E-state index is 12.8. The first-order valence-electron chi connectivity index (χ1n) is 28.1. The highest BCUT2D eigenvalue weighted by Gasteiger charge is 2.61. The van der Waals surface area contributed by atoms with Gasteiger partial charge in [0.2, 0.25) is 0 Å². The van der Waals surface area contributed by atoms with Crippen molar-refractivity contribution >= 4 is 17.7 Å². The van der Waals surface area contributed by atoms with Gasteiger partial charge in [0.1, 0.15) is 5.78 Å². The molecule has 4 aliphatic carbocycles. The molecule has 4 saturated carbocycles. The van der Waals surface area contributed by atoms with Gasteiger partial charge in [-0.15, -0.1) is 0 Å². The van der Waals surface area contributed by atoms with Gasteiger partial charge >= 0.3 is 11.9 Å². The first-order valence-corrected chi connectivity index (χ1v) is 28.1. The SMILES string of the molecule is C/C(=C\CC/C(C)=C/CC[C@@H]1[C@@]2(C)CCC(=O)C(C)(C)[C@@H]2CC[C@@]1(C)O)CC/C=C(\C)C(=O)OCCCOC(=O)/C(C)=C/CC/C(C)=C/CC/C(C)=C/CC[C@@H]1[C@@]2(C)CC[C@@H](O)C(C)(C)[C@@H]2CC[C@@]1(C)O. The quantitative estimate of drug-likeness (QED) is 0.0377. The number of allylic oxidation sites excluding steroid dienone is 10. The Labute approximate surface area is 432 Å². The first-order chi connectivity index (χ1) is 33.1. The Morgan fingerprint density at radius 1 is 0.535 bits per heavy atom. The molecule has 8 heteroatoms. The van der Waals surface area contributed by atoms with Crippen molar-refractivity contribution in [2.75, 3.05) is 13.2 Å². The van der Waals surface area contributed by atoms with E-state index in [0.717, 1.165) is 122 Å². The van der Waals surface area contributed by atoms with Crippen LogP contribution in [-0.2, 0) is 23.9 Å². The molecule has 402 valence electrons. The largest absolute Gasteiger partial charge is 0.462 e. The maximum Gasteiger partial charge on any atom is 0.333 e. The number of fused-ring (bicyclic) bond motifs is 2. The van der Waals surface area contributed by atoms with Gasteiger partial charge in [0, 0.05) is 29.4 Å². The van der Waals surface area contributed by atoms with Gasteiger partial charge in [0.25, 0.3) is 0 Å². The second-order valence-electron chi connectivity index (χ2n) is 25.4. The van der Waals surface area contributed by atoms with Crippen LogP contribution in [0.1, 0.15) is 232 Å². The number of rotatable bonds is 24. The number of ether oxygens (including phenoxy) is 2. The lowest BCUT2D eigenvalue weighted by Gasteiger charge is -2.62. The topological polar surface area (TPSA) is 130 Å². The minimum atomic E-state index is -0.701. The average molecular weight is 988 g/mol. The van der Waals surface area contributed by atoms with Crippen molar-refractivity contribution < 1.29 is 39.2 Å². The Morgan fingerprint density at radius 2 is 0.915 bits per heavy atom. The predicted octanol–water partition coefficient (Wildman–Crippen LogP) is 15.0. The summed E-state index contributed by atoms with van der Waals surface area (Å²) in [7, 11) is 0. The highest BCUT2D eigenvalue weighted by molar-refractivity contribution is 5.88. The summed E-state index contributed by atoms with van der Waals surface area (Å²) in [4.78, 5) is 38.0. The molecule has 4 rings (SSSR count). The van der Waals surface area contributed by atoms with Gasteiger partial charge in [-0.05, 0) is 217 Å². The third-order valence-corrected chi connectivity index (χ3v) is 19.1. The maximum absolute atomic E-state index is 12.8. The minimum absolute atomic E-state index is 0.0231. The van der Waals surface area contributed by atoms with E-state index in [1.807, 2.05) is 26.0 Å². The Hall–Kier alpha value is -3.07. The summed E-state index contributed by atoms with van der Waals surface area (Å²) in [5.41, 5.74) is 4.72. The van der Waals surface area contributed by atoms with Gasteiger partial charge in [-0.1, -0.05) is 100 Å². The molecular formula is C63H102O8. The molecule has 8 nitrogen and oxygen atoms in total. The molecule has 0 heterocycles. The standard InChI is InChI=1S/C63H102O8/c1-44(22-15-24-46(3)28-19-32-52-60(11)38-36-54(64)58(7,8)50(60)34-40-62(52,13)68)26-17-30-48(5)56(66)70-42-21-43-71-57(67)49(6)31-18-27-45(2)23-16-25-47(4)29-20-33-53-61(12)39-37-55(65)59(9,10)51(61)35-41-63(53,14)69/h22-23,28-31,50-54,64,68-69H,15-21,24-27,32-43H2,1-14H3/b44-22+,45-23+,46-28+,47-29+,48-30+,49-31+/t50-,51-,52+,53+,54+,60-,61-,62+,63+/m0/s1. The van der Waals surface area contributed by atoms with Gasteiger partial charge < -0.3 is 24.8 Å². The summed E-state index contributed by atoms with van der Waals surface area (Å²) in [5.74, 6) is 0.842. The van der Waals surface area contributed by atoms with Crippen LogP contribution >= 0.6 is 0 Å². The molecule has 4 fully saturated rings. The zero-order valence-electron chi connectivity index (χ0n) is 47.5. The Bertz CT molecular complexity index is 2000. The number of carbonyl (C=O) groups is 3. The monoisotopic (exact) mass is 987 g/mol. The molecule has 0 aromatic carbocycles. The first kappa shape index (κ1) is 60.5. The molecular weight excluding hydrogens is 885 g/mol. The van der Waals surface area contributed by atoms with Crippen molar-refractivity contribution in [3.8, 4) is 0 Å². The Morgan fingerprint density at radius 3 is 1.35 bits per heavy atom. The number of aliphatic hydroxyl groups excluding tert-OH is 1. The van der Waals surface area contributed by atoms with Gasteiger partial charge in [0.15, 0.2) is 0 Å². The number of Topliss-reactive ketones (excluding diaryl/α,β-unsaturated/α-hetero) is 1. The highest BCUT2D eigenvalue weighted by atomic mass is 16.5. The highest BCUT2D eigenvalue weighted by Crippen LogP contribution is 2.64. The van der Waals surface area contributed by atoms with Crippen LogP contribution in [0.15, 0.2) is 69.9 Å². The van der Waals surface area contributed by atoms with E-state index in [-0.39, 0.29) is 64.8 Å². The molecule has 9 atom stereocenters. The van der Waals surface area contributed by atoms with E-state index in [1.54, 1.807) is 13.8 Å². The lowest BCUT2D eigenvalue weighted by atomic mass is 9.44. The van der Waals surface area contributed by atoms with Gasteiger partial charge in [-0.3, -0.25) is 4.79 Å². The molecule has 0 radical (unpaired) electrons. The number of carbonyl (C=O) groups excluding carboxylic acids is 3. The number of ketones is 1. The van der Waals surface area contributed by atoms with Gasteiger partial charge in [-0.2, -0.15) is 0 Å². The number of hydrogen-bond acceptors (Lipinski definition) is 8. The fourth-order valence-electron chi connectivity index (χ4n) is 14.4. The third-order valence-electron chi connectivity index (χ3n) is 19.1. The lowest BCUT2D eigenvalue weighted by molar-refractivity contribution is -0.195. The van der Waals surface area contributed by atoms with Crippen molar-refractivity contribution in [2.45, 2.75) is 249 Å². The summed E-state index contributed by atoms with van der Waals surface area (Å²) in [6.45, 7) is 30.1. The number of esters is 2. The molecule has 0 unspecified atom stereocenters. The molecule has 0 saturated heterocycles. The minimum Gasteiger partial charge on any atom is -0.462 e. The molecule has 71 heavy (non-hydrogen) atoms. The lowest BCUT2D eigenvalue weighted by Crippen LogP contribution is -2.60. The summed E-state index contributed by atoms with van der Waals surface area (Å²) < 4.78 is 10.9. The smallest absolute Gasteiger partial charge is 0.333 e. The van der Waals surface area contributed by atoms with Crippen molar-refractivity contribution in [3.05, 3.63) is 69.9 Å². The molecule has 3 N–H and O–H groups in total. The van der Waals surface area contributed by atoms with E-state index in [0.29, 0.717) is 41.6 Å². The van der Waals surface area contributed by atoms with Crippen molar-refractivity contribution in [1.82, 2.24) is 0 Å². The summed E-state index contributed by atoms with van der Waals surface area (Å²) >= 11 is 0. The van der Waals surface area contributed by atoms with Crippen LogP contribution in [0.5, 0.6) is 0 Å². The Kier molecular flexibility index (Phi) is 22.1. The normalized spacial score (nSPS) is 32.8. The Balaban J connectivity index is 1.06. The van der Waals surface area contributed by atoms with Gasteiger partial charge in [-0.25, -0.2) is 9.59 Å². The van der Waals surface area contributed by atoms with E-state index >= 15 is 0 Å². The fourth-order valence-corrected chi connectivity index (χ4v) is 14.4. The van der Waals surface area contributed by atoms with Crippen LogP contribution in [0.25, 0.3) is 0 Å². The molecule has 0 amide bonds.